The summed E-state index contributed by atoms with van der Waals surface area (Å²) in [6.45, 7) is 3.68. The lowest BCUT2D eigenvalue weighted by Crippen LogP contribution is -2.16. The summed E-state index contributed by atoms with van der Waals surface area (Å²) in [5.74, 6) is 0.689. The van der Waals surface area contributed by atoms with Crippen LogP contribution in [-0.4, -0.2) is 19.2 Å². The van der Waals surface area contributed by atoms with Crippen LogP contribution in [0.3, 0.4) is 0 Å². The molecule has 0 amide bonds. The van der Waals surface area contributed by atoms with Gasteiger partial charge in [-0.2, -0.15) is 0 Å². The molecule has 0 fully saturated rings. The van der Waals surface area contributed by atoms with E-state index in [4.69, 9.17) is 9.47 Å². The number of hydrogen-bond donors (Lipinski definition) is 0. The Morgan fingerprint density at radius 3 is 3.25 bits per heavy atom. The van der Waals surface area contributed by atoms with Crippen molar-refractivity contribution in [1.82, 2.24) is 0 Å². The van der Waals surface area contributed by atoms with Crippen molar-refractivity contribution in [2.24, 2.45) is 5.92 Å². The molecule has 0 aromatic heterocycles. The molecule has 0 saturated heterocycles. The lowest BCUT2D eigenvalue weighted by atomic mass is 9.95. The molecule has 2 unspecified atom stereocenters. The second-order valence-electron chi connectivity index (χ2n) is 4.01. The maximum absolute atomic E-state index is 11.7. The molecule has 3 heteroatoms. The van der Waals surface area contributed by atoms with Gasteiger partial charge in [-0.15, -0.1) is 6.58 Å². The highest BCUT2D eigenvalue weighted by Crippen LogP contribution is 2.40. The highest BCUT2D eigenvalue weighted by atomic mass is 16.5. The molecule has 2 rings (SSSR count). The largest absolute Gasteiger partial charge is 0.489 e. The molecule has 1 aliphatic heterocycles. The third-order valence-electron chi connectivity index (χ3n) is 3.04. The van der Waals surface area contributed by atoms with E-state index in [1.54, 1.807) is 0 Å². The fourth-order valence-corrected chi connectivity index (χ4v) is 2.27. The third kappa shape index (κ3) is 1.77. The number of carbonyl (C=O) groups excluding carboxylic acids is 1. The zero-order chi connectivity index (χ0) is 11.5. The van der Waals surface area contributed by atoms with Crippen molar-refractivity contribution in [3.05, 3.63) is 36.1 Å². The van der Waals surface area contributed by atoms with Gasteiger partial charge >= 0.3 is 5.97 Å². The summed E-state index contributed by atoms with van der Waals surface area (Å²) in [5.41, 5.74) is 0.722. The Balaban J connectivity index is 2.20. The summed E-state index contributed by atoms with van der Waals surface area (Å²) >= 11 is 0. The van der Waals surface area contributed by atoms with Gasteiger partial charge in [-0.3, -0.25) is 0 Å². The first-order valence-corrected chi connectivity index (χ1v) is 5.53. The summed E-state index contributed by atoms with van der Waals surface area (Å²) in [7, 11) is 1.41. The highest BCUT2D eigenvalue weighted by Gasteiger charge is 2.40. The van der Waals surface area contributed by atoms with Crippen LogP contribution in [0.25, 0.3) is 0 Å². The fourth-order valence-electron chi connectivity index (χ4n) is 2.27. The number of ether oxygens (including phenoxy) is 2. The van der Waals surface area contributed by atoms with Gasteiger partial charge in [0.1, 0.15) is 11.9 Å². The summed E-state index contributed by atoms with van der Waals surface area (Å²) in [6, 6.07) is 0. The first kappa shape index (κ1) is 11.0. The van der Waals surface area contributed by atoms with E-state index in [1.807, 2.05) is 12.2 Å². The average molecular weight is 220 g/mol. The number of allylic oxidation sites excluding steroid dienone is 3. The molecule has 0 bridgehead atoms. The SMILES string of the molecule is C=CCCC1=C(C(=O)OC)C2CC=CC2O1. The molecule has 3 nitrogen and oxygen atoms in total. The Labute approximate surface area is 95.4 Å². The molecule has 0 spiro atoms. The number of carbonyl (C=O) groups is 1. The number of rotatable bonds is 4. The molecule has 0 aromatic carbocycles. The van der Waals surface area contributed by atoms with Crippen LogP contribution in [0.4, 0.5) is 0 Å². The topological polar surface area (TPSA) is 35.5 Å². The molecule has 16 heavy (non-hydrogen) atoms. The Bertz CT molecular complexity index is 365. The van der Waals surface area contributed by atoms with Crippen molar-refractivity contribution >= 4 is 5.97 Å². The van der Waals surface area contributed by atoms with Crippen LogP contribution in [0, 0.1) is 5.92 Å². The summed E-state index contributed by atoms with van der Waals surface area (Å²) < 4.78 is 10.6. The second-order valence-corrected chi connectivity index (χ2v) is 4.01. The van der Waals surface area contributed by atoms with Crippen LogP contribution in [-0.2, 0) is 14.3 Å². The van der Waals surface area contributed by atoms with Gasteiger partial charge in [0.05, 0.1) is 12.7 Å². The van der Waals surface area contributed by atoms with E-state index in [2.05, 4.69) is 12.7 Å². The number of fused-ring (bicyclic) bond motifs is 1. The van der Waals surface area contributed by atoms with E-state index in [0.717, 1.165) is 30.6 Å². The van der Waals surface area contributed by atoms with Crippen molar-refractivity contribution in [1.29, 1.82) is 0 Å². The van der Waals surface area contributed by atoms with Gasteiger partial charge in [0.15, 0.2) is 0 Å². The molecular weight excluding hydrogens is 204 g/mol. The summed E-state index contributed by atoms with van der Waals surface area (Å²) in [4.78, 5) is 11.7. The molecule has 0 aromatic rings. The summed E-state index contributed by atoms with van der Waals surface area (Å²) in [6.07, 6.45) is 8.36. The van der Waals surface area contributed by atoms with Crippen LogP contribution in [0.2, 0.25) is 0 Å². The minimum atomic E-state index is -0.254. The summed E-state index contributed by atoms with van der Waals surface area (Å²) in [5, 5.41) is 0. The molecule has 0 radical (unpaired) electrons. The minimum absolute atomic E-state index is 0.0360. The highest BCUT2D eigenvalue weighted by molar-refractivity contribution is 5.90. The number of hydrogen-bond acceptors (Lipinski definition) is 3. The lowest BCUT2D eigenvalue weighted by Gasteiger charge is -2.09. The molecule has 1 heterocycles. The third-order valence-corrected chi connectivity index (χ3v) is 3.04. The van der Waals surface area contributed by atoms with Crippen molar-refractivity contribution in [3.63, 3.8) is 0 Å². The van der Waals surface area contributed by atoms with Crippen molar-refractivity contribution in [2.45, 2.75) is 25.4 Å². The maximum Gasteiger partial charge on any atom is 0.337 e. The van der Waals surface area contributed by atoms with E-state index in [9.17, 15) is 4.79 Å². The van der Waals surface area contributed by atoms with Gasteiger partial charge in [0.25, 0.3) is 0 Å². The molecular formula is C13H16O3. The molecule has 1 aliphatic carbocycles. The van der Waals surface area contributed by atoms with Crippen LogP contribution < -0.4 is 0 Å². The van der Waals surface area contributed by atoms with Gasteiger partial charge in [0, 0.05) is 12.3 Å². The fraction of sp³-hybridized carbons (Fsp3) is 0.462. The van der Waals surface area contributed by atoms with Gasteiger partial charge in [0.2, 0.25) is 0 Å². The van der Waals surface area contributed by atoms with Crippen LogP contribution in [0.1, 0.15) is 19.3 Å². The monoisotopic (exact) mass is 220 g/mol. The normalized spacial score (nSPS) is 26.6. The zero-order valence-electron chi connectivity index (χ0n) is 9.44. The first-order chi connectivity index (χ1) is 7.77. The number of methoxy groups -OCH3 is 1. The quantitative estimate of drug-likeness (QED) is 0.539. The van der Waals surface area contributed by atoms with E-state index in [-0.39, 0.29) is 18.0 Å². The Kier molecular flexibility index (Phi) is 3.13. The van der Waals surface area contributed by atoms with Crippen molar-refractivity contribution in [2.75, 3.05) is 7.11 Å². The van der Waals surface area contributed by atoms with E-state index in [1.165, 1.54) is 7.11 Å². The van der Waals surface area contributed by atoms with Gasteiger partial charge < -0.3 is 9.47 Å². The molecule has 0 saturated carbocycles. The molecule has 2 aliphatic rings. The van der Waals surface area contributed by atoms with Crippen molar-refractivity contribution < 1.29 is 14.3 Å². The van der Waals surface area contributed by atoms with E-state index in [0.29, 0.717) is 0 Å². The Hall–Kier alpha value is -1.51. The first-order valence-electron chi connectivity index (χ1n) is 5.53. The van der Waals surface area contributed by atoms with Crippen LogP contribution in [0.15, 0.2) is 36.1 Å². The smallest absolute Gasteiger partial charge is 0.337 e. The van der Waals surface area contributed by atoms with Gasteiger partial charge in [-0.25, -0.2) is 4.79 Å². The molecule has 86 valence electrons. The van der Waals surface area contributed by atoms with Gasteiger partial charge in [-0.05, 0) is 18.9 Å². The van der Waals surface area contributed by atoms with Gasteiger partial charge in [-0.1, -0.05) is 12.2 Å². The molecule has 2 atom stereocenters. The lowest BCUT2D eigenvalue weighted by molar-refractivity contribution is -0.136. The predicted molar refractivity (Wildman–Crippen MR) is 60.6 cm³/mol. The van der Waals surface area contributed by atoms with E-state index < -0.39 is 0 Å². The Morgan fingerprint density at radius 1 is 1.75 bits per heavy atom. The zero-order valence-corrected chi connectivity index (χ0v) is 9.44. The Morgan fingerprint density at radius 2 is 2.56 bits per heavy atom. The van der Waals surface area contributed by atoms with E-state index >= 15 is 0 Å². The minimum Gasteiger partial charge on any atom is -0.489 e. The standard InChI is InChI=1S/C13H16O3/c1-3-4-7-11-12(13(14)15-2)9-6-5-8-10(9)16-11/h3,5,8-10H,1,4,6-7H2,2H3. The second kappa shape index (κ2) is 4.56. The van der Waals surface area contributed by atoms with Crippen LogP contribution >= 0.6 is 0 Å². The maximum atomic E-state index is 11.7. The van der Waals surface area contributed by atoms with Crippen molar-refractivity contribution in [3.8, 4) is 0 Å². The van der Waals surface area contributed by atoms with Crippen LogP contribution in [0.5, 0.6) is 0 Å². The number of esters is 1. The predicted octanol–water partition coefficient (Wildman–Crippen LogP) is 2.35. The molecule has 0 N–H and O–H groups in total. The average Bonchev–Trinajstić information content (AvgIpc) is 2.84.